The monoisotopic (exact) mass is 317 g/mol. The highest BCUT2D eigenvalue weighted by Gasteiger charge is 2.10. The quantitative estimate of drug-likeness (QED) is 0.890. The van der Waals surface area contributed by atoms with E-state index in [-0.39, 0.29) is 23.6 Å². The van der Waals surface area contributed by atoms with Crippen LogP contribution in [0.5, 0.6) is 0 Å². The van der Waals surface area contributed by atoms with Crippen molar-refractivity contribution < 1.29 is 9.18 Å². The lowest BCUT2D eigenvalue weighted by Gasteiger charge is -2.08. The predicted molar refractivity (Wildman–Crippen MR) is 85.7 cm³/mol. The molecule has 6 heteroatoms. The summed E-state index contributed by atoms with van der Waals surface area (Å²) in [6, 6.07) is 7.55. The zero-order valence-electron chi connectivity index (χ0n) is 13.3. The van der Waals surface area contributed by atoms with E-state index in [4.69, 9.17) is 0 Å². The fraction of sp³-hybridized carbons (Fsp3) is 0.353. The summed E-state index contributed by atoms with van der Waals surface area (Å²) in [7, 11) is 0. The van der Waals surface area contributed by atoms with Gasteiger partial charge in [-0.1, -0.05) is 25.5 Å². The third kappa shape index (κ3) is 4.48. The average molecular weight is 317 g/mol. The number of rotatable bonds is 6. The molecule has 0 unspecified atom stereocenters. The van der Waals surface area contributed by atoms with Crippen LogP contribution in [0.15, 0.2) is 35.1 Å². The van der Waals surface area contributed by atoms with Crippen LogP contribution in [0.1, 0.15) is 41.4 Å². The average Bonchev–Trinajstić information content (AvgIpc) is 2.55. The van der Waals surface area contributed by atoms with Gasteiger partial charge in [0.15, 0.2) is 0 Å². The molecule has 1 aromatic carbocycles. The Balaban J connectivity index is 2.05. The third-order valence-corrected chi connectivity index (χ3v) is 3.51. The zero-order chi connectivity index (χ0) is 16.8. The number of carbonyl (C=O) groups excluding carboxylic acids is 1. The van der Waals surface area contributed by atoms with E-state index in [0.717, 1.165) is 12.8 Å². The maximum Gasteiger partial charge on any atom is 0.271 e. The van der Waals surface area contributed by atoms with Gasteiger partial charge >= 0.3 is 0 Å². The van der Waals surface area contributed by atoms with Crippen molar-refractivity contribution >= 4 is 5.91 Å². The molecule has 0 bridgehead atoms. The van der Waals surface area contributed by atoms with Crippen molar-refractivity contribution in [1.82, 2.24) is 15.1 Å². The Labute approximate surface area is 134 Å². The number of carbonyl (C=O) groups is 1. The van der Waals surface area contributed by atoms with Crippen molar-refractivity contribution in [2.24, 2.45) is 0 Å². The largest absolute Gasteiger partial charge is 0.347 e. The summed E-state index contributed by atoms with van der Waals surface area (Å²) in [5.41, 5.74) is 1.18. The lowest BCUT2D eigenvalue weighted by Crippen LogP contribution is -2.29. The molecule has 0 aliphatic rings. The molecule has 1 amide bonds. The Hall–Kier alpha value is -2.50. The van der Waals surface area contributed by atoms with Crippen LogP contribution in [0, 0.1) is 12.7 Å². The second-order valence-electron chi connectivity index (χ2n) is 5.40. The van der Waals surface area contributed by atoms with Gasteiger partial charge in [-0.3, -0.25) is 9.59 Å². The Bertz CT molecular complexity index is 756. The first-order chi connectivity index (χ1) is 11.0. The van der Waals surface area contributed by atoms with Crippen LogP contribution >= 0.6 is 0 Å². The van der Waals surface area contributed by atoms with E-state index in [1.54, 1.807) is 19.1 Å². The van der Waals surface area contributed by atoms with Crippen molar-refractivity contribution in [3.63, 3.8) is 0 Å². The molecule has 0 spiro atoms. The van der Waals surface area contributed by atoms with Crippen molar-refractivity contribution in [2.45, 2.75) is 39.8 Å². The topological polar surface area (TPSA) is 64.0 Å². The first kappa shape index (κ1) is 16.9. The molecule has 0 saturated heterocycles. The summed E-state index contributed by atoms with van der Waals surface area (Å²) < 4.78 is 14.8. The number of nitrogens with zero attached hydrogens (tertiary/aromatic N) is 2. The molecule has 5 nitrogen and oxygen atoms in total. The standard InChI is InChI=1S/C17H20FN3O2/c1-3-4-9-21-16(22)8-7-15(20-21)17(23)19-11-13-6-5-12(2)14(18)10-13/h5-8,10H,3-4,9,11H2,1-2H3,(H,19,23). The molecule has 0 aliphatic carbocycles. The number of aryl methyl sites for hydroxylation is 2. The first-order valence-electron chi connectivity index (χ1n) is 7.62. The van der Waals surface area contributed by atoms with E-state index in [1.807, 2.05) is 6.92 Å². The molecular formula is C17H20FN3O2. The number of benzene rings is 1. The highest BCUT2D eigenvalue weighted by Crippen LogP contribution is 2.09. The number of unbranched alkanes of at least 4 members (excludes halogenated alkanes) is 1. The molecule has 0 saturated carbocycles. The summed E-state index contributed by atoms with van der Waals surface area (Å²) in [5, 5.41) is 6.75. The van der Waals surface area contributed by atoms with E-state index >= 15 is 0 Å². The van der Waals surface area contributed by atoms with Gasteiger partial charge in [0, 0.05) is 19.2 Å². The van der Waals surface area contributed by atoms with Crippen molar-refractivity contribution in [3.05, 3.63) is 63.3 Å². The Morgan fingerprint density at radius 3 is 2.78 bits per heavy atom. The number of halogens is 1. The molecule has 1 aromatic heterocycles. The summed E-state index contributed by atoms with van der Waals surface area (Å²) >= 11 is 0. The molecule has 2 rings (SSSR count). The van der Waals surface area contributed by atoms with Crippen molar-refractivity contribution in [2.75, 3.05) is 0 Å². The first-order valence-corrected chi connectivity index (χ1v) is 7.62. The number of hydrogen-bond donors (Lipinski definition) is 1. The Morgan fingerprint density at radius 1 is 1.30 bits per heavy atom. The van der Waals surface area contributed by atoms with Gasteiger partial charge in [0.25, 0.3) is 11.5 Å². The molecular weight excluding hydrogens is 297 g/mol. The predicted octanol–water partition coefficient (Wildman–Crippen LogP) is 2.42. The molecule has 0 fully saturated rings. The Morgan fingerprint density at radius 2 is 2.09 bits per heavy atom. The molecule has 1 heterocycles. The third-order valence-electron chi connectivity index (χ3n) is 3.51. The van der Waals surface area contributed by atoms with Gasteiger partial charge in [-0.25, -0.2) is 9.07 Å². The molecule has 2 aromatic rings. The van der Waals surface area contributed by atoms with Gasteiger partial charge in [0.1, 0.15) is 11.5 Å². The van der Waals surface area contributed by atoms with Gasteiger partial charge < -0.3 is 5.32 Å². The van der Waals surface area contributed by atoms with Gasteiger partial charge in [-0.15, -0.1) is 0 Å². The second kappa shape index (κ2) is 7.67. The van der Waals surface area contributed by atoms with Crippen LogP contribution < -0.4 is 10.9 Å². The van der Waals surface area contributed by atoms with Crippen LogP contribution in [-0.2, 0) is 13.1 Å². The summed E-state index contributed by atoms with van der Waals surface area (Å²) in [6.07, 6.45) is 1.75. The maximum atomic E-state index is 13.5. The van der Waals surface area contributed by atoms with E-state index < -0.39 is 5.91 Å². The van der Waals surface area contributed by atoms with Crippen LogP contribution in [0.4, 0.5) is 4.39 Å². The summed E-state index contributed by atoms with van der Waals surface area (Å²) in [6.45, 7) is 4.38. The second-order valence-corrected chi connectivity index (χ2v) is 5.40. The summed E-state index contributed by atoms with van der Waals surface area (Å²) in [5.74, 6) is -0.695. The highest BCUT2D eigenvalue weighted by molar-refractivity contribution is 5.91. The summed E-state index contributed by atoms with van der Waals surface area (Å²) in [4.78, 5) is 23.8. The van der Waals surface area contributed by atoms with Crippen molar-refractivity contribution in [3.8, 4) is 0 Å². The van der Waals surface area contributed by atoms with Crippen LogP contribution in [0.3, 0.4) is 0 Å². The van der Waals surface area contributed by atoms with Crippen molar-refractivity contribution in [1.29, 1.82) is 0 Å². The van der Waals surface area contributed by atoms with E-state index in [0.29, 0.717) is 17.7 Å². The molecule has 1 N–H and O–H groups in total. The molecule has 0 aliphatic heterocycles. The van der Waals surface area contributed by atoms with E-state index in [1.165, 1.54) is 22.9 Å². The SMILES string of the molecule is CCCCn1nc(C(=O)NCc2ccc(C)c(F)c2)ccc1=O. The minimum absolute atomic E-state index is 0.174. The van der Waals surface area contributed by atoms with Gasteiger partial charge in [0.05, 0.1) is 0 Å². The minimum Gasteiger partial charge on any atom is -0.347 e. The normalized spacial score (nSPS) is 10.6. The fourth-order valence-corrected chi connectivity index (χ4v) is 2.06. The highest BCUT2D eigenvalue weighted by atomic mass is 19.1. The lowest BCUT2D eigenvalue weighted by molar-refractivity contribution is 0.0943. The minimum atomic E-state index is -0.392. The van der Waals surface area contributed by atoms with Crippen LogP contribution in [0.2, 0.25) is 0 Å². The lowest BCUT2D eigenvalue weighted by atomic mass is 10.1. The van der Waals surface area contributed by atoms with Crippen LogP contribution in [-0.4, -0.2) is 15.7 Å². The van der Waals surface area contributed by atoms with Crippen LogP contribution in [0.25, 0.3) is 0 Å². The van der Waals surface area contributed by atoms with Gasteiger partial charge in [-0.05, 0) is 36.6 Å². The maximum absolute atomic E-state index is 13.5. The number of amides is 1. The Kier molecular flexibility index (Phi) is 5.62. The van der Waals surface area contributed by atoms with E-state index in [2.05, 4.69) is 10.4 Å². The smallest absolute Gasteiger partial charge is 0.271 e. The number of nitrogens with one attached hydrogen (secondary N) is 1. The van der Waals surface area contributed by atoms with E-state index in [9.17, 15) is 14.0 Å². The molecule has 122 valence electrons. The number of aromatic nitrogens is 2. The van der Waals surface area contributed by atoms with Gasteiger partial charge in [-0.2, -0.15) is 5.10 Å². The molecule has 0 radical (unpaired) electrons. The van der Waals surface area contributed by atoms with Gasteiger partial charge in [0.2, 0.25) is 0 Å². The zero-order valence-corrected chi connectivity index (χ0v) is 13.3. The molecule has 0 atom stereocenters. The fourth-order valence-electron chi connectivity index (χ4n) is 2.06. The number of hydrogen-bond acceptors (Lipinski definition) is 3. The molecule has 23 heavy (non-hydrogen) atoms.